The normalized spacial score (nSPS) is 23.2. The number of carbonyl (C=O) groups excluding carboxylic acids is 1. The molecule has 1 fully saturated rings. The zero-order valence-corrected chi connectivity index (χ0v) is 8.55. The quantitative estimate of drug-likeness (QED) is 0.630. The lowest BCUT2D eigenvalue weighted by Crippen LogP contribution is -2.35. The standard InChI is InChI=1S/C11H20O2/c1-2-13-11(10-12)8-6-4-3-5-7-9-11/h10H,2-9H2,1H3. The second-order valence-corrected chi connectivity index (χ2v) is 3.88. The lowest BCUT2D eigenvalue weighted by Gasteiger charge is -2.29. The lowest BCUT2D eigenvalue weighted by molar-refractivity contribution is -0.133. The molecule has 0 spiro atoms. The Labute approximate surface area is 80.7 Å². The maximum absolute atomic E-state index is 11.0. The second-order valence-electron chi connectivity index (χ2n) is 3.88. The molecule has 0 radical (unpaired) electrons. The van der Waals surface area contributed by atoms with Crippen LogP contribution >= 0.6 is 0 Å². The second kappa shape index (κ2) is 5.38. The maximum atomic E-state index is 11.0. The zero-order valence-electron chi connectivity index (χ0n) is 8.55. The molecule has 0 aromatic rings. The van der Waals surface area contributed by atoms with E-state index in [2.05, 4.69) is 0 Å². The predicted octanol–water partition coefficient (Wildman–Crippen LogP) is 2.70. The Bertz CT molecular complexity index is 146. The van der Waals surface area contributed by atoms with Crippen molar-refractivity contribution in [1.29, 1.82) is 0 Å². The Morgan fingerprint density at radius 3 is 2.15 bits per heavy atom. The maximum Gasteiger partial charge on any atom is 0.151 e. The van der Waals surface area contributed by atoms with Gasteiger partial charge in [0.05, 0.1) is 0 Å². The molecule has 0 atom stereocenters. The van der Waals surface area contributed by atoms with Gasteiger partial charge in [0.15, 0.2) is 6.29 Å². The van der Waals surface area contributed by atoms with Gasteiger partial charge in [0.2, 0.25) is 0 Å². The molecular formula is C11H20O2. The van der Waals surface area contributed by atoms with E-state index in [0.717, 1.165) is 32.0 Å². The monoisotopic (exact) mass is 184 g/mol. The average molecular weight is 184 g/mol. The van der Waals surface area contributed by atoms with Crippen LogP contribution in [0.1, 0.15) is 51.9 Å². The van der Waals surface area contributed by atoms with Gasteiger partial charge in [-0.15, -0.1) is 0 Å². The van der Waals surface area contributed by atoms with Crippen LogP contribution in [0.2, 0.25) is 0 Å². The molecule has 0 aromatic carbocycles. The van der Waals surface area contributed by atoms with E-state index in [9.17, 15) is 4.79 Å². The molecular weight excluding hydrogens is 164 g/mol. The summed E-state index contributed by atoms with van der Waals surface area (Å²) in [6, 6.07) is 0. The van der Waals surface area contributed by atoms with E-state index >= 15 is 0 Å². The number of carbonyl (C=O) groups is 1. The molecule has 0 saturated heterocycles. The summed E-state index contributed by atoms with van der Waals surface area (Å²) in [5.74, 6) is 0. The van der Waals surface area contributed by atoms with Gasteiger partial charge in [0, 0.05) is 6.61 Å². The Kier molecular flexibility index (Phi) is 4.43. The first-order valence-corrected chi connectivity index (χ1v) is 5.43. The topological polar surface area (TPSA) is 26.3 Å². The highest BCUT2D eigenvalue weighted by atomic mass is 16.5. The highest BCUT2D eigenvalue weighted by Crippen LogP contribution is 2.27. The third-order valence-corrected chi connectivity index (χ3v) is 2.85. The van der Waals surface area contributed by atoms with Gasteiger partial charge >= 0.3 is 0 Å². The van der Waals surface area contributed by atoms with E-state index in [-0.39, 0.29) is 0 Å². The largest absolute Gasteiger partial charge is 0.368 e. The molecule has 13 heavy (non-hydrogen) atoms. The van der Waals surface area contributed by atoms with Gasteiger partial charge in [0.25, 0.3) is 0 Å². The van der Waals surface area contributed by atoms with Crippen molar-refractivity contribution in [2.45, 2.75) is 57.5 Å². The summed E-state index contributed by atoms with van der Waals surface area (Å²) in [5, 5.41) is 0. The first-order valence-electron chi connectivity index (χ1n) is 5.43. The molecule has 0 heterocycles. The SMILES string of the molecule is CCOC1(C=O)CCCCCCC1. The summed E-state index contributed by atoms with van der Waals surface area (Å²) >= 11 is 0. The van der Waals surface area contributed by atoms with Gasteiger partial charge in [-0.2, -0.15) is 0 Å². The fourth-order valence-electron chi connectivity index (χ4n) is 2.09. The third kappa shape index (κ3) is 3.11. The molecule has 0 amide bonds. The first-order chi connectivity index (χ1) is 6.33. The van der Waals surface area contributed by atoms with Crippen LogP contribution in [-0.4, -0.2) is 18.5 Å². The molecule has 1 rings (SSSR count). The van der Waals surface area contributed by atoms with Gasteiger partial charge in [0.1, 0.15) is 5.60 Å². The van der Waals surface area contributed by atoms with Gasteiger partial charge in [-0.25, -0.2) is 0 Å². The number of aldehydes is 1. The molecule has 2 nitrogen and oxygen atoms in total. The van der Waals surface area contributed by atoms with E-state index in [0.29, 0.717) is 6.61 Å². The van der Waals surface area contributed by atoms with Crippen molar-refractivity contribution in [3.05, 3.63) is 0 Å². The van der Waals surface area contributed by atoms with E-state index in [1.165, 1.54) is 19.3 Å². The van der Waals surface area contributed by atoms with Crippen LogP contribution in [0.3, 0.4) is 0 Å². The molecule has 0 aliphatic heterocycles. The van der Waals surface area contributed by atoms with Crippen LogP contribution in [-0.2, 0) is 9.53 Å². The molecule has 0 aromatic heterocycles. The summed E-state index contributed by atoms with van der Waals surface area (Å²) in [6.07, 6.45) is 8.97. The molecule has 0 unspecified atom stereocenters. The van der Waals surface area contributed by atoms with Gasteiger partial charge in [-0.3, -0.25) is 0 Å². The predicted molar refractivity (Wildman–Crippen MR) is 52.7 cm³/mol. The van der Waals surface area contributed by atoms with Crippen LogP contribution in [0.4, 0.5) is 0 Å². The number of rotatable bonds is 3. The minimum Gasteiger partial charge on any atom is -0.368 e. The third-order valence-electron chi connectivity index (χ3n) is 2.85. The zero-order chi connectivity index (χ0) is 9.57. The number of hydrogen-bond donors (Lipinski definition) is 0. The van der Waals surface area contributed by atoms with Gasteiger partial charge in [-0.1, -0.05) is 32.1 Å². The van der Waals surface area contributed by atoms with Crippen molar-refractivity contribution in [2.75, 3.05) is 6.61 Å². The van der Waals surface area contributed by atoms with Crippen molar-refractivity contribution in [3.8, 4) is 0 Å². The average Bonchev–Trinajstić information content (AvgIpc) is 2.10. The Balaban J connectivity index is 2.52. The molecule has 1 aliphatic carbocycles. The number of ether oxygens (including phenoxy) is 1. The Morgan fingerprint density at radius 1 is 1.15 bits per heavy atom. The molecule has 76 valence electrons. The van der Waals surface area contributed by atoms with Crippen molar-refractivity contribution in [3.63, 3.8) is 0 Å². The molecule has 1 aliphatic rings. The van der Waals surface area contributed by atoms with Crippen LogP contribution < -0.4 is 0 Å². The van der Waals surface area contributed by atoms with Crippen LogP contribution in [0.5, 0.6) is 0 Å². The van der Waals surface area contributed by atoms with Crippen molar-refractivity contribution >= 4 is 6.29 Å². The fraction of sp³-hybridized carbons (Fsp3) is 0.909. The summed E-state index contributed by atoms with van der Waals surface area (Å²) in [7, 11) is 0. The molecule has 0 bridgehead atoms. The Hall–Kier alpha value is -0.370. The van der Waals surface area contributed by atoms with E-state index in [4.69, 9.17) is 4.74 Å². The van der Waals surface area contributed by atoms with Crippen LogP contribution in [0.15, 0.2) is 0 Å². The van der Waals surface area contributed by atoms with Gasteiger partial charge < -0.3 is 9.53 Å². The summed E-state index contributed by atoms with van der Waals surface area (Å²) in [6.45, 7) is 2.61. The minimum absolute atomic E-state index is 0.435. The summed E-state index contributed by atoms with van der Waals surface area (Å²) in [4.78, 5) is 11.0. The van der Waals surface area contributed by atoms with Crippen LogP contribution in [0.25, 0.3) is 0 Å². The summed E-state index contributed by atoms with van der Waals surface area (Å²) < 4.78 is 5.59. The van der Waals surface area contributed by atoms with E-state index in [1.807, 2.05) is 6.92 Å². The highest BCUT2D eigenvalue weighted by Gasteiger charge is 2.29. The Morgan fingerprint density at radius 2 is 1.69 bits per heavy atom. The smallest absolute Gasteiger partial charge is 0.151 e. The van der Waals surface area contributed by atoms with Crippen molar-refractivity contribution < 1.29 is 9.53 Å². The molecule has 0 N–H and O–H groups in total. The van der Waals surface area contributed by atoms with Crippen molar-refractivity contribution in [1.82, 2.24) is 0 Å². The first kappa shape index (κ1) is 10.7. The highest BCUT2D eigenvalue weighted by molar-refractivity contribution is 5.62. The number of hydrogen-bond acceptors (Lipinski definition) is 2. The summed E-state index contributed by atoms with van der Waals surface area (Å²) in [5.41, 5.74) is -0.435. The van der Waals surface area contributed by atoms with Crippen molar-refractivity contribution in [2.24, 2.45) is 0 Å². The molecule has 2 heteroatoms. The van der Waals surface area contributed by atoms with Crippen LogP contribution in [0, 0.1) is 0 Å². The fourth-order valence-corrected chi connectivity index (χ4v) is 2.09. The minimum atomic E-state index is -0.435. The molecule has 1 saturated carbocycles. The van der Waals surface area contributed by atoms with Gasteiger partial charge in [-0.05, 0) is 19.8 Å². The lowest BCUT2D eigenvalue weighted by atomic mass is 9.88. The van der Waals surface area contributed by atoms with E-state index < -0.39 is 5.60 Å². The van der Waals surface area contributed by atoms with E-state index in [1.54, 1.807) is 0 Å².